The van der Waals surface area contributed by atoms with Crippen LogP contribution < -0.4 is 20.3 Å². The zero-order chi connectivity index (χ0) is 21.2. The summed E-state index contributed by atoms with van der Waals surface area (Å²) in [6.45, 7) is 7.53. The van der Waals surface area contributed by atoms with E-state index in [2.05, 4.69) is 37.3 Å². The molecule has 0 bridgehead atoms. The van der Waals surface area contributed by atoms with E-state index in [9.17, 15) is 4.79 Å². The topological polar surface area (TPSA) is 82.6 Å². The minimum atomic E-state index is -0.122. The summed E-state index contributed by atoms with van der Waals surface area (Å²) in [4.78, 5) is 25.6. The lowest BCUT2D eigenvalue weighted by atomic mass is 10.0. The fourth-order valence-electron chi connectivity index (χ4n) is 3.60. The molecule has 1 atom stereocenters. The Morgan fingerprint density at radius 3 is 2.47 bits per heavy atom. The van der Waals surface area contributed by atoms with Crippen LogP contribution in [-0.4, -0.2) is 67.3 Å². The van der Waals surface area contributed by atoms with Gasteiger partial charge in [-0.3, -0.25) is 4.90 Å². The van der Waals surface area contributed by atoms with Gasteiger partial charge in [-0.2, -0.15) is 0 Å². The quantitative estimate of drug-likeness (QED) is 0.616. The Hall–Kier alpha value is -2.87. The zero-order valence-corrected chi connectivity index (χ0v) is 17.9. The lowest BCUT2D eigenvalue weighted by Gasteiger charge is -2.34. The molecule has 1 saturated heterocycles. The predicted octanol–water partition coefficient (Wildman–Crippen LogP) is 2.45. The van der Waals surface area contributed by atoms with Crippen LogP contribution >= 0.6 is 0 Å². The molecular weight excluding hydrogens is 380 g/mol. The molecule has 8 nitrogen and oxygen atoms in total. The van der Waals surface area contributed by atoms with Gasteiger partial charge in [0.15, 0.2) is 0 Å². The van der Waals surface area contributed by atoms with Crippen LogP contribution in [0.1, 0.15) is 31.4 Å². The maximum atomic E-state index is 12.3. The molecule has 2 N–H and O–H groups in total. The molecule has 0 radical (unpaired) electrons. The SMILES string of the molecule is CCC(NC(=O)NCCCN1CCN(c2ncccn2)CC1)c1ccc(OC)cc1. The van der Waals surface area contributed by atoms with Crippen LogP contribution in [0, 0.1) is 0 Å². The normalized spacial score (nSPS) is 15.5. The highest BCUT2D eigenvalue weighted by Gasteiger charge is 2.18. The van der Waals surface area contributed by atoms with Crippen LogP contribution in [0.4, 0.5) is 10.7 Å². The summed E-state index contributed by atoms with van der Waals surface area (Å²) in [5, 5.41) is 6.04. The highest BCUT2D eigenvalue weighted by Crippen LogP contribution is 2.20. The molecule has 1 aromatic heterocycles. The average Bonchev–Trinajstić information content (AvgIpc) is 2.81. The zero-order valence-electron chi connectivity index (χ0n) is 17.9. The van der Waals surface area contributed by atoms with Crippen LogP contribution in [0.2, 0.25) is 0 Å². The van der Waals surface area contributed by atoms with Gasteiger partial charge in [-0.25, -0.2) is 14.8 Å². The van der Waals surface area contributed by atoms with Crippen molar-refractivity contribution in [3.05, 3.63) is 48.3 Å². The van der Waals surface area contributed by atoms with Crippen molar-refractivity contribution < 1.29 is 9.53 Å². The Morgan fingerprint density at radius 1 is 1.13 bits per heavy atom. The van der Waals surface area contributed by atoms with E-state index in [4.69, 9.17) is 4.74 Å². The molecule has 2 aromatic rings. The lowest BCUT2D eigenvalue weighted by molar-refractivity contribution is 0.232. The molecule has 2 amide bonds. The van der Waals surface area contributed by atoms with Crippen molar-refractivity contribution >= 4 is 12.0 Å². The lowest BCUT2D eigenvalue weighted by Crippen LogP contribution is -2.47. The molecular formula is C22H32N6O2. The smallest absolute Gasteiger partial charge is 0.315 e. The Morgan fingerprint density at radius 2 is 1.83 bits per heavy atom. The molecule has 0 spiro atoms. The second kappa shape index (κ2) is 11.3. The Kier molecular flexibility index (Phi) is 8.26. The van der Waals surface area contributed by atoms with Crippen LogP contribution in [0.15, 0.2) is 42.7 Å². The van der Waals surface area contributed by atoms with E-state index in [1.165, 1.54) is 0 Å². The highest BCUT2D eigenvalue weighted by molar-refractivity contribution is 5.74. The first-order chi connectivity index (χ1) is 14.7. The van der Waals surface area contributed by atoms with Crippen molar-refractivity contribution in [2.75, 3.05) is 51.3 Å². The molecule has 0 aliphatic carbocycles. The van der Waals surface area contributed by atoms with Crippen molar-refractivity contribution in [3.63, 3.8) is 0 Å². The summed E-state index contributed by atoms with van der Waals surface area (Å²) in [6.07, 6.45) is 5.32. The summed E-state index contributed by atoms with van der Waals surface area (Å²) in [5.41, 5.74) is 1.08. The number of hydrogen-bond donors (Lipinski definition) is 2. The molecule has 0 saturated carbocycles. The number of nitrogens with zero attached hydrogens (tertiary/aromatic N) is 4. The second-order valence-electron chi connectivity index (χ2n) is 7.37. The van der Waals surface area contributed by atoms with Crippen molar-refractivity contribution in [2.45, 2.75) is 25.8 Å². The number of aromatic nitrogens is 2. The summed E-state index contributed by atoms with van der Waals surface area (Å²) in [5.74, 6) is 1.62. The molecule has 1 unspecified atom stereocenters. The van der Waals surface area contributed by atoms with Crippen LogP contribution in [-0.2, 0) is 0 Å². The van der Waals surface area contributed by atoms with Crippen molar-refractivity contribution in [2.24, 2.45) is 0 Å². The van der Waals surface area contributed by atoms with E-state index in [0.29, 0.717) is 6.54 Å². The van der Waals surface area contributed by atoms with Gasteiger partial charge in [-0.05, 0) is 43.1 Å². The third-order valence-electron chi connectivity index (χ3n) is 5.38. The number of benzene rings is 1. The molecule has 1 aromatic carbocycles. The van der Waals surface area contributed by atoms with Crippen molar-refractivity contribution in [1.29, 1.82) is 0 Å². The maximum Gasteiger partial charge on any atom is 0.315 e. The van der Waals surface area contributed by atoms with Gasteiger partial charge >= 0.3 is 6.03 Å². The minimum absolute atomic E-state index is 0.0100. The van der Waals surface area contributed by atoms with E-state index in [-0.39, 0.29) is 12.1 Å². The summed E-state index contributed by atoms with van der Waals surface area (Å²) >= 11 is 0. The van der Waals surface area contributed by atoms with Gasteiger partial charge in [-0.15, -0.1) is 0 Å². The molecule has 2 heterocycles. The van der Waals surface area contributed by atoms with Crippen molar-refractivity contribution in [3.8, 4) is 5.75 Å². The first-order valence-electron chi connectivity index (χ1n) is 10.6. The molecule has 3 rings (SSSR count). The fraction of sp³-hybridized carbons (Fsp3) is 0.500. The molecule has 1 fully saturated rings. The van der Waals surface area contributed by atoms with Gasteiger partial charge in [0.25, 0.3) is 0 Å². The fourth-order valence-corrected chi connectivity index (χ4v) is 3.60. The second-order valence-corrected chi connectivity index (χ2v) is 7.37. The van der Waals surface area contributed by atoms with Gasteiger partial charge in [0.05, 0.1) is 13.2 Å². The minimum Gasteiger partial charge on any atom is -0.497 e. The van der Waals surface area contributed by atoms with E-state index in [0.717, 1.165) is 62.8 Å². The number of anilines is 1. The molecule has 1 aliphatic rings. The average molecular weight is 413 g/mol. The third kappa shape index (κ3) is 6.32. The van der Waals surface area contributed by atoms with Gasteiger partial charge in [0.2, 0.25) is 5.95 Å². The maximum absolute atomic E-state index is 12.3. The summed E-state index contributed by atoms with van der Waals surface area (Å²) in [6, 6.07) is 9.53. The number of nitrogens with one attached hydrogen (secondary N) is 2. The number of piperazine rings is 1. The highest BCUT2D eigenvalue weighted by atomic mass is 16.5. The van der Waals surface area contributed by atoms with Gasteiger partial charge in [0, 0.05) is 45.1 Å². The van der Waals surface area contributed by atoms with Gasteiger partial charge in [0.1, 0.15) is 5.75 Å². The summed E-state index contributed by atoms with van der Waals surface area (Å²) < 4.78 is 5.19. The molecule has 30 heavy (non-hydrogen) atoms. The first kappa shape index (κ1) is 21.8. The number of ether oxygens (including phenoxy) is 1. The Bertz CT molecular complexity index is 763. The molecule has 8 heteroatoms. The van der Waals surface area contributed by atoms with Crippen LogP contribution in [0.3, 0.4) is 0 Å². The van der Waals surface area contributed by atoms with Gasteiger partial charge in [-0.1, -0.05) is 19.1 Å². The Labute approximate surface area is 178 Å². The monoisotopic (exact) mass is 412 g/mol. The van der Waals surface area contributed by atoms with Gasteiger partial charge < -0.3 is 20.3 Å². The van der Waals surface area contributed by atoms with Crippen LogP contribution in [0.5, 0.6) is 5.75 Å². The number of methoxy groups -OCH3 is 1. The van der Waals surface area contributed by atoms with E-state index >= 15 is 0 Å². The predicted molar refractivity (Wildman–Crippen MR) is 118 cm³/mol. The number of amides is 2. The number of rotatable bonds is 9. The standard InChI is InChI=1S/C22H32N6O2/c1-3-20(18-6-8-19(30-2)9-7-18)26-22(29)25-12-5-13-27-14-16-28(17-15-27)21-23-10-4-11-24-21/h4,6-11,20H,3,5,12-17H2,1-2H3,(H2,25,26,29). The summed E-state index contributed by atoms with van der Waals surface area (Å²) in [7, 11) is 1.65. The van der Waals surface area contributed by atoms with Crippen LogP contribution in [0.25, 0.3) is 0 Å². The van der Waals surface area contributed by atoms with Crippen molar-refractivity contribution in [1.82, 2.24) is 25.5 Å². The Balaban J connectivity index is 1.32. The number of carbonyl (C=O) groups is 1. The number of hydrogen-bond acceptors (Lipinski definition) is 6. The van der Waals surface area contributed by atoms with E-state index in [1.807, 2.05) is 30.3 Å². The number of carbonyl (C=O) groups excluding carboxylic acids is 1. The largest absolute Gasteiger partial charge is 0.497 e. The third-order valence-corrected chi connectivity index (χ3v) is 5.38. The van der Waals surface area contributed by atoms with E-state index < -0.39 is 0 Å². The van der Waals surface area contributed by atoms with E-state index in [1.54, 1.807) is 19.5 Å². The molecule has 1 aliphatic heterocycles. The number of urea groups is 1. The molecule has 162 valence electrons. The first-order valence-corrected chi connectivity index (χ1v) is 10.6.